The second-order valence-corrected chi connectivity index (χ2v) is 5.23. The summed E-state index contributed by atoms with van der Waals surface area (Å²) < 4.78 is 10.5. The molecule has 128 valence electrons. The fourth-order valence-corrected chi connectivity index (χ4v) is 2.38. The minimum Gasteiger partial charge on any atom is -0.493 e. The number of hydrogen-bond donors (Lipinski definition) is 1. The molecule has 3 rings (SSSR count). The molecule has 0 aliphatic heterocycles. The summed E-state index contributed by atoms with van der Waals surface area (Å²) in [5.41, 5.74) is 2.02. The quantitative estimate of drug-likeness (QED) is 0.543. The van der Waals surface area contributed by atoms with Crippen LogP contribution < -0.4 is 14.8 Å². The fourth-order valence-electron chi connectivity index (χ4n) is 2.38. The van der Waals surface area contributed by atoms with Gasteiger partial charge in [-0.1, -0.05) is 6.07 Å². The van der Waals surface area contributed by atoms with Crippen molar-refractivity contribution < 1.29 is 14.4 Å². The van der Waals surface area contributed by atoms with Crippen molar-refractivity contribution in [2.75, 3.05) is 19.5 Å². The van der Waals surface area contributed by atoms with Gasteiger partial charge < -0.3 is 14.8 Å². The number of benzene rings is 2. The van der Waals surface area contributed by atoms with Gasteiger partial charge >= 0.3 is 0 Å². The molecule has 0 amide bonds. The number of nitrogens with zero attached hydrogens (tertiary/aromatic N) is 3. The molecule has 0 saturated heterocycles. The molecular formula is C17H16N4O4. The number of aromatic nitrogens is 2. The largest absolute Gasteiger partial charge is 0.493 e. The van der Waals surface area contributed by atoms with Crippen molar-refractivity contribution in [3.63, 3.8) is 0 Å². The number of non-ortho nitro benzene ring substituents is 1. The summed E-state index contributed by atoms with van der Waals surface area (Å²) in [4.78, 5) is 19.1. The van der Waals surface area contributed by atoms with Crippen LogP contribution in [0.4, 0.5) is 11.5 Å². The molecule has 0 spiro atoms. The van der Waals surface area contributed by atoms with Gasteiger partial charge in [0.25, 0.3) is 5.69 Å². The standard InChI is InChI=1S/C17H16N4O4/c1-24-15-6-3-11(7-16(15)25-2)9-19-17-10-18-13-5-4-12(21(22)23)8-14(13)20-17/h3-8,10H,9H2,1-2H3,(H,19,20). The number of rotatable bonds is 6. The SMILES string of the molecule is COc1ccc(CNc2cnc3ccc([N+](=O)[O-])cc3n2)cc1OC. The first kappa shape index (κ1) is 16.4. The van der Waals surface area contributed by atoms with Crippen molar-refractivity contribution in [3.05, 3.63) is 58.3 Å². The number of methoxy groups -OCH3 is 2. The highest BCUT2D eigenvalue weighted by Crippen LogP contribution is 2.28. The molecule has 0 fully saturated rings. The topological polar surface area (TPSA) is 99.4 Å². The Morgan fingerprint density at radius 1 is 1.08 bits per heavy atom. The predicted octanol–water partition coefficient (Wildman–Crippen LogP) is 3.17. The first-order valence-corrected chi connectivity index (χ1v) is 7.46. The summed E-state index contributed by atoms with van der Waals surface area (Å²) >= 11 is 0. The van der Waals surface area contributed by atoms with Gasteiger partial charge in [0.05, 0.1) is 36.4 Å². The van der Waals surface area contributed by atoms with E-state index in [2.05, 4.69) is 15.3 Å². The minimum absolute atomic E-state index is 0.0150. The molecule has 25 heavy (non-hydrogen) atoms. The van der Waals surface area contributed by atoms with Gasteiger partial charge in [-0.3, -0.25) is 15.1 Å². The second-order valence-electron chi connectivity index (χ2n) is 5.23. The lowest BCUT2D eigenvalue weighted by Crippen LogP contribution is -2.03. The number of nitrogens with one attached hydrogen (secondary N) is 1. The lowest BCUT2D eigenvalue weighted by molar-refractivity contribution is -0.384. The molecule has 0 saturated carbocycles. The van der Waals surface area contributed by atoms with E-state index in [0.717, 1.165) is 5.56 Å². The zero-order valence-electron chi connectivity index (χ0n) is 13.7. The zero-order chi connectivity index (χ0) is 17.8. The van der Waals surface area contributed by atoms with E-state index in [4.69, 9.17) is 9.47 Å². The maximum Gasteiger partial charge on any atom is 0.271 e. The van der Waals surface area contributed by atoms with Crippen LogP contribution in [0.5, 0.6) is 11.5 Å². The van der Waals surface area contributed by atoms with Crippen LogP contribution in [0.25, 0.3) is 11.0 Å². The Bertz CT molecular complexity index is 930. The molecule has 0 aliphatic carbocycles. The van der Waals surface area contributed by atoms with E-state index < -0.39 is 4.92 Å². The molecule has 0 aliphatic rings. The summed E-state index contributed by atoms with van der Waals surface area (Å²) in [5.74, 6) is 1.83. The Labute approximate surface area is 143 Å². The average molecular weight is 340 g/mol. The number of nitro benzene ring substituents is 1. The smallest absolute Gasteiger partial charge is 0.271 e. The Hall–Kier alpha value is -3.42. The normalized spacial score (nSPS) is 10.5. The first-order valence-electron chi connectivity index (χ1n) is 7.46. The van der Waals surface area contributed by atoms with Crippen LogP contribution >= 0.6 is 0 Å². The molecule has 1 heterocycles. The van der Waals surface area contributed by atoms with E-state index in [0.29, 0.717) is 34.9 Å². The molecule has 8 nitrogen and oxygen atoms in total. The maximum atomic E-state index is 10.9. The average Bonchev–Trinajstić information content (AvgIpc) is 2.65. The highest BCUT2D eigenvalue weighted by atomic mass is 16.6. The lowest BCUT2D eigenvalue weighted by atomic mass is 10.2. The maximum absolute atomic E-state index is 10.9. The summed E-state index contributed by atoms with van der Waals surface area (Å²) in [6, 6.07) is 10.0. The molecule has 3 aromatic rings. The fraction of sp³-hybridized carbons (Fsp3) is 0.176. The molecule has 8 heteroatoms. The molecule has 0 unspecified atom stereocenters. The van der Waals surface area contributed by atoms with E-state index in [9.17, 15) is 10.1 Å². The summed E-state index contributed by atoms with van der Waals surface area (Å²) in [6.45, 7) is 0.496. The van der Waals surface area contributed by atoms with E-state index in [1.54, 1.807) is 26.5 Å². The van der Waals surface area contributed by atoms with Crippen molar-refractivity contribution in [1.82, 2.24) is 9.97 Å². The third-order valence-electron chi connectivity index (χ3n) is 3.66. The number of nitro groups is 1. The first-order chi connectivity index (χ1) is 12.1. The second kappa shape index (κ2) is 7.00. The monoisotopic (exact) mass is 340 g/mol. The van der Waals surface area contributed by atoms with E-state index in [1.807, 2.05) is 18.2 Å². The summed E-state index contributed by atoms with van der Waals surface area (Å²) in [5, 5.41) is 14.0. The predicted molar refractivity (Wildman–Crippen MR) is 93.1 cm³/mol. The van der Waals surface area contributed by atoms with Crippen LogP contribution in [-0.4, -0.2) is 29.1 Å². The van der Waals surface area contributed by atoms with E-state index in [1.165, 1.54) is 12.1 Å². The number of hydrogen-bond acceptors (Lipinski definition) is 7. The highest BCUT2D eigenvalue weighted by molar-refractivity contribution is 5.78. The van der Waals surface area contributed by atoms with Crippen molar-refractivity contribution in [1.29, 1.82) is 0 Å². The molecule has 0 atom stereocenters. The lowest BCUT2D eigenvalue weighted by Gasteiger charge is -2.10. The van der Waals surface area contributed by atoms with Crippen molar-refractivity contribution >= 4 is 22.5 Å². The number of anilines is 1. The molecule has 2 aromatic carbocycles. The molecule has 0 bridgehead atoms. The van der Waals surface area contributed by atoms with Crippen LogP contribution in [0.3, 0.4) is 0 Å². The molecular weight excluding hydrogens is 324 g/mol. The van der Waals surface area contributed by atoms with Crippen LogP contribution in [0.1, 0.15) is 5.56 Å². The van der Waals surface area contributed by atoms with Crippen LogP contribution in [0.15, 0.2) is 42.6 Å². The molecule has 0 radical (unpaired) electrons. The summed E-state index contributed by atoms with van der Waals surface area (Å²) in [6.07, 6.45) is 1.59. The Morgan fingerprint density at radius 2 is 1.88 bits per heavy atom. The van der Waals surface area contributed by atoms with Crippen LogP contribution in [0.2, 0.25) is 0 Å². The number of fused-ring (bicyclic) bond motifs is 1. The minimum atomic E-state index is -0.454. The van der Waals surface area contributed by atoms with E-state index >= 15 is 0 Å². The van der Waals surface area contributed by atoms with Gasteiger partial charge in [-0.25, -0.2) is 4.98 Å². The van der Waals surface area contributed by atoms with Gasteiger partial charge in [0.15, 0.2) is 11.5 Å². The number of ether oxygens (including phenoxy) is 2. The van der Waals surface area contributed by atoms with Crippen molar-refractivity contribution in [2.24, 2.45) is 0 Å². The molecule has 1 aromatic heterocycles. The third kappa shape index (κ3) is 3.57. The van der Waals surface area contributed by atoms with E-state index in [-0.39, 0.29) is 5.69 Å². The zero-order valence-corrected chi connectivity index (χ0v) is 13.7. The van der Waals surface area contributed by atoms with Crippen LogP contribution in [-0.2, 0) is 6.54 Å². The van der Waals surface area contributed by atoms with Gasteiger partial charge in [-0.05, 0) is 23.8 Å². The Kier molecular flexibility index (Phi) is 4.60. The third-order valence-corrected chi connectivity index (χ3v) is 3.66. The van der Waals surface area contributed by atoms with Gasteiger partial charge in [-0.2, -0.15) is 0 Å². The summed E-state index contributed by atoms with van der Waals surface area (Å²) in [7, 11) is 3.16. The highest BCUT2D eigenvalue weighted by Gasteiger charge is 2.09. The Morgan fingerprint density at radius 3 is 2.60 bits per heavy atom. The van der Waals surface area contributed by atoms with Gasteiger partial charge in [0.2, 0.25) is 0 Å². The van der Waals surface area contributed by atoms with Crippen molar-refractivity contribution in [2.45, 2.75) is 6.54 Å². The Balaban J connectivity index is 1.80. The van der Waals surface area contributed by atoms with Crippen molar-refractivity contribution in [3.8, 4) is 11.5 Å². The van der Waals surface area contributed by atoms with Gasteiger partial charge in [0.1, 0.15) is 5.82 Å². The van der Waals surface area contributed by atoms with Gasteiger partial charge in [0, 0.05) is 18.7 Å². The van der Waals surface area contributed by atoms with Crippen LogP contribution in [0, 0.1) is 10.1 Å². The van der Waals surface area contributed by atoms with Gasteiger partial charge in [-0.15, -0.1) is 0 Å². The molecule has 1 N–H and O–H groups in total.